The highest BCUT2D eigenvalue weighted by Crippen LogP contribution is 2.13. The van der Waals surface area contributed by atoms with Crippen molar-refractivity contribution >= 4 is 11.9 Å². The zero-order valence-electron chi connectivity index (χ0n) is 10.9. The molecule has 5 nitrogen and oxygen atoms in total. The molecule has 0 rings (SSSR count). The lowest BCUT2D eigenvalue weighted by atomic mass is 10.1. The molecule has 1 N–H and O–H groups in total. The number of terminal acetylenes is 1. The number of amides is 1. The summed E-state index contributed by atoms with van der Waals surface area (Å²) in [5, 5.41) is 2.37. The van der Waals surface area contributed by atoms with Crippen molar-refractivity contribution in [3.8, 4) is 12.3 Å². The summed E-state index contributed by atoms with van der Waals surface area (Å²) < 4.78 is 10.2. The number of rotatable bonds is 4. The van der Waals surface area contributed by atoms with E-state index < -0.39 is 29.6 Å². The van der Waals surface area contributed by atoms with Crippen LogP contribution < -0.4 is 5.32 Å². The van der Waals surface area contributed by atoms with Gasteiger partial charge in [-0.25, -0.2) is 4.79 Å². The van der Waals surface area contributed by atoms with Crippen molar-refractivity contribution in [3.63, 3.8) is 0 Å². The van der Waals surface area contributed by atoms with Gasteiger partial charge in [0.25, 0.3) is 5.91 Å². The van der Waals surface area contributed by atoms with Crippen molar-refractivity contribution in [2.24, 2.45) is 0 Å². The third kappa shape index (κ3) is 5.93. The molecule has 0 unspecified atom stereocenters. The highest BCUT2D eigenvalue weighted by atomic mass is 16.5. The van der Waals surface area contributed by atoms with E-state index >= 15 is 0 Å². The molecule has 96 valence electrons. The van der Waals surface area contributed by atoms with Gasteiger partial charge in [0.1, 0.15) is 0 Å². The topological polar surface area (TPSA) is 64.6 Å². The minimum Gasteiger partial charge on any atom is -0.467 e. The van der Waals surface area contributed by atoms with Crippen LogP contribution in [0.3, 0.4) is 0 Å². The van der Waals surface area contributed by atoms with Crippen LogP contribution in [-0.4, -0.2) is 36.7 Å². The van der Waals surface area contributed by atoms with Crippen molar-refractivity contribution in [2.75, 3.05) is 7.11 Å². The Morgan fingerprint density at radius 1 is 1.35 bits per heavy atom. The van der Waals surface area contributed by atoms with Gasteiger partial charge in [-0.05, 0) is 33.6 Å². The van der Waals surface area contributed by atoms with Crippen LogP contribution >= 0.6 is 0 Å². The first-order valence-corrected chi connectivity index (χ1v) is 5.24. The van der Waals surface area contributed by atoms with Gasteiger partial charge in [0, 0.05) is 0 Å². The quantitative estimate of drug-likeness (QED) is 0.574. The predicted octanol–water partition coefficient (Wildman–Crippen LogP) is 0.481. The Hall–Kier alpha value is -1.54. The Morgan fingerprint density at radius 2 is 1.88 bits per heavy atom. The zero-order valence-corrected chi connectivity index (χ0v) is 10.9. The molecule has 0 fully saturated rings. The summed E-state index contributed by atoms with van der Waals surface area (Å²) in [4.78, 5) is 22.6. The van der Waals surface area contributed by atoms with Crippen molar-refractivity contribution in [1.82, 2.24) is 5.32 Å². The lowest BCUT2D eigenvalue weighted by Crippen LogP contribution is -2.50. The molecule has 2 atom stereocenters. The van der Waals surface area contributed by atoms with E-state index in [4.69, 9.17) is 11.2 Å². The van der Waals surface area contributed by atoms with E-state index in [1.165, 1.54) is 7.11 Å². The van der Waals surface area contributed by atoms with Crippen LogP contribution in [0.25, 0.3) is 0 Å². The molecule has 0 aromatic carbocycles. The van der Waals surface area contributed by atoms with Crippen LogP contribution in [0.4, 0.5) is 0 Å². The lowest BCUT2D eigenvalue weighted by molar-refractivity contribution is -0.152. The Morgan fingerprint density at radius 3 is 2.24 bits per heavy atom. The second kappa shape index (κ2) is 6.26. The number of carbonyl (C=O) groups excluding carboxylic acids is 2. The maximum Gasteiger partial charge on any atom is 0.331 e. The van der Waals surface area contributed by atoms with Crippen molar-refractivity contribution < 1.29 is 19.1 Å². The molecular weight excluding hydrogens is 222 g/mol. The van der Waals surface area contributed by atoms with Crippen LogP contribution in [0.5, 0.6) is 0 Å². The van der Waals surface area contributed by atoms with E-state index in [2.05, 4.69) is 10.1 Å². The van der Waals surface area contributed by atoms with Crippen LogP contribution in [0, 0.1) is 12.3 Å². The molecule has 1 amide bonds. The monoisotopic (exact) mass is 241 g/mol. The van der Waals surface area contributed by atoms with Crippen molar-refractivity contribution in [3.05, 3.63) is 0 Å². The number of methoxy groups -OCH3 is 1. The minimum absolute atomic E-state index is 0.438. The highest BCUT2D eigenvalue weighted by Gasteiger charge is 2.30. The fraction of sp³-hybridized carbons (Fsp3) is 0.667. The first kappa shape index (κ1) is 15.5. The van der Waals surface area contributed by atoms with Crippen molar-refractivity contribution in [2.45, 2.75) is 45.4 Å². The molecule has 0 aliphatic heterocycles. The van der Waals surface area contributed by atoms with Gasteiger partial charge in [0.05, 0.1) is 18.8 Å². The van der Waals surface area contributed by atoms with Crippen LogP contribution in [0.15, 0.2) is 0 Å². The normalized spacial score (nSPS) is 14.4. The van der Waals surface area contributed by atoms with Gasteiger partial charge in [-0.1, -0.05) is 0 Å². The van der Waals surface area contributed by atoms with Crippen molar-refractivity contribution in [1.29, 1.82) is 0 Å². The number of carbonyl (C=O) groups is 2. The zero-order chi connectivity index (χ0) is 13.6. The van der Waals surface area contributed by atoms with Gasteiger partial charge in [-0.2, -0.15) is 0 Å². The van der Waals surface area contributed by atoms with E-state index in [1.807, 2.05) is 26.7 Å². The largest absolute Gasteiger partial charge is 0.467 e. The van der Waals surface area contributed by atoms with Crippen LogP contribution in [0.2, 0.25) is 0 Å². The van der Waals surface area contributed by atoms with E-state index in [-0.39, 0.29) is 0 Å². The Labute approximate surface area is 102 Å². The van der Waals surface area contributed by atoms with Gasteiger partial charge >= 0.3 is 5.97 Å². The first-order valence-electron chi connectivity index (χ1n) is 5.24. The molecule has 17 heavy (non-hydrogen) atoms. The van der Waals surface area contributed by atoms with E-state index in [9.17, 15) is 9.59 Å². The van der Waals surface area contributed by atoms with Crippen LogP contribution in [-0.2, 0) is 19.1 Å². The molecule has 0 saturated carbocycles. The second-order valence-corrected chi connectivity index (χ2v) is 4.55. The molecule has 0 heterocycles. The fourth-order valence-electron chi connectivity index (χ4n) is 1.30. The molecule has 0 aliphatic carbocycles. The molecule has 5 heteroatoms. The molecule has 0 spiro atoms. The maximum absolute atomic E-state index is 11.5. The summed E-state index contributed by atoms with van der Waals surface area (Å²) in [6, 6.07) is -0.914. The summed E-state index contributed by atoms with van der Waals surface area (Å²) in [5.41, 5.74) is -0.438. The average molecular weight is 241 g/mol. The molecule has 0 aromatic heterocycles. The molecule has 0 aliphatic rings. The minimum atomic E-state index is -0.914. The number of nitrogens with one attached hydrogen (secondary N) is 1. The number of ether oxygens (including phenoxy) is 2. The molecule has 0 bridgehead atoms. The van der Waals surface area contributed by atoms with Gasteiger partial charge in [0.2, 0.25) is 0 Å². The Balaban J connectivity index is 4.75. The Kier molecular flexibility index (Phi) is 5.69. The summed E-state index contributed by atoms with van der Waals surface area (Å²) in [7, 11) is 1.24. The third-order valence-corrected chi connectivity index (χ3v) is 1.88. The van der Waals surface area contributed by atoms with Gasteiger partial charge in [-0.3, -0.25) is 4.79 Å². The highest BCUT2D eigenvalue weighted by molar-refractivity contribution is 5.95. The number of hydrogen-bond acceptors (Lipinski definition) is 4. The lowest BCUT2D eigenvalue weighted by Gasteiger charge is -2.29. The molecule has 0 saturated heterocycles. The van der Waals surface area contributed by atoms with Crippen LogP contribution in [0.1, 0.15) is 27.7 Å². The smallest absolute Gasteiger partial charge is 0.331 e. The van der Waals surface area contributed by atoms with Gasteiger partial charge in [0.15, 0.2) is 6.04 Å². The maximum atomic E-state index is 11.5. The summed E-state index contributed by atoms with van der Waals surface area (Å²) in [6.07, 6.45) is 4.39. The number of esters is 1. The molecule has 0 aromatic rings. The van der Waals surface area contributed by atoms with E-state index in [0.717, 1.165) is 0 Å². The van der Waals surface area contributed by atoms with Gasteiger partial charge in [-0.15, -0.1) is 6.42 Å². The standard InChI is InChI=1S/C12H19NO4/c1-7-9(14)13-10(11(15)16-6)8(2)17-12(3,4)5/h1,8,10H,2-6H3,(H,13,14)/t8-,10+/m1/s1. The Bertz CT molecular complexity index is 324. The van der Waals surface area contributed by atoms with Gasteiger partial charge < -0.3 is 14.8 Å². The summed E-state index contributed by atoms with van der Waals surface area (Å²) >= 11 is 0. The summed E-state index contributed by atoms with van der Waals surface area (Å²) in [5.74, 6) is 0.610. The second-order valence-electron chi connectivity index (χ2n) is 4.55. The SMILES string of the molecule is C#CC(=O)N[C@H](C(=O)OC)[C@@H](C)OC(C)(C)C. The third-order valence-electron chi connectivity index (χ3n) is 1.88. The number of hydrogen-bond donors (Lipinski definition) is 1. The summed E-state index contributed by atoms with van der Waals surface area (Å²) in [6.45, 7) is 7.21. The fourth-order valence-corrected chi connectivity index (χ4v) is 1.30. The van der Waals surface area contributed by atoms with E-state index in [0.29, 0.717) is 0 Å². The average Bonchev–Trinajstić information content (AvgIpc) is 2.21. The van der Waals surface area contributed by atoms with E-state index in [1.54, 1.807) is 6.92 Å². The molecule has 0 radical (unpaired) electrons. The predicted molar refractivity (Wildman–Crippen MR) is 63.1 cm³/mol. The first-order chi connectivity index (χ1) is 7.71. The molecular formula is C12H19NO4.